The van der Waals surface area contributed by atoms with Gasteiger partial charge in [-0.2, -0.15) is 0 Å². The molecule has 0 aromatic carbocycles. The van der Waals surface area contributed by atoms with Crippen molar-refractivity contribution in [2.24, 2.45) is 0 Å². The van der Waals surface area contributed by atoms with Crippen molar-refractivity contribution < 1.29 is 23.9 Å². The van der Waals surface area contributed by atoms with Crippen LogP contribution in [0, 0.1) is 0 Å². The first kappa shape index (κ1) is 17.4. The summed E-state index contributed by atoms with van der Waals surface area (Å²) in [6, 6.07) is 0. The van der Waals surface area contributed by atoms with Gasteiger partial charge in [-0.1, -0.05) is 0 Å². The Balaban J connectivity index is 3.96. The van der Waals surface area contributed by atoms with Gasteiger partial charge in [-0.05, 0) is 13.8 Å². The van der Waals surface area contributed by atoms with Crippen molar-refractivity contribution in [3.05, 3.63) is 0 Å². The van der Waals surface area contributed by atoms with Gasteiger partial charge in [0.05, 0.1) is 45.9 Å². The maximum atomic E-state index is 10.5. The number of likely N-dealkylation sites (N-methyl/N-ethyl adjacent to an activating group) is 1. The molecule has 0 unspecified atom stereocenters. The third-order valence-corrected chi connectivity index (χ3v) is 3.51. The van der Waals surface area contributed by atoms with E-state index in [1.54, 1.807) is 7.11 Å². The predicted octanol–water partition coefficient (Wildman–Crippen LogP) is 1.37. The zero-order valence-electron chi connectivity index (χ0n) is 12.0. The molecule has 0 saturated carbocycles. The normalized spacial score (nSPS) is 11.7. The van der Waals surface area contributed by atoms with Crippen LogP contribution in [0.4, 0.5) is 0 Å². The highest BCUT2D eigenvalue weighted by molar-refractivity contribution is 5.66. The summed E-state index contributed by atoms with van der Waals surface area (Å²) >= 11 is 0. The average Bonchev–Trinajstić information content (AvgIpc) is 2.36. The first-order valence-corrected chi connectivity index (χ1v) is 6.73. The number of ether oxygens (including phenoxy) is 2. The standard InChI is InChI=1S/C13H27NO4/c1-4-14(5-2,8-6-7-13(15)16)9-10-18-12-11-17-3/h4-12H2,1-3H3/p+1. The van der Waals surface area contributed by atoms with Crippen LogP contribution < -0.4 is 0 Å². The summed E-state index contributed by atoms with van der Waals surface area (Å²) in [7, 11) is 1.66. The Labute approximate surface area is 110 Å². The van der Waals surface area contributed by atoms with E-state index in [2.05, 4.69) is 13.8 Å². The zero-order valence-corrected chi connectivity index (χ0v) is 12.0. The van der Waals surface area contributed by atoms with E-state index in [1.165, 1.54) is 0 Å². The van der Waals surface area contributed by atoms with Crippen LogP contribution in [0.25, 0.3) is 0 Å². The molecule has 5 nitrogen and oxygen atoms in total. The van der Waals surface area contributed by atoms with Crippen LogP contribution >= 0.6 is 0 Å². The molecule has 0 aliphatic carbocycles. The highest BCUT2D eigenvalue weighted by atomic mass is 16.5. The number of quaternary nitrogens is 1. The van der Waals surface area contributed by atoms with Gasteiger partial charge in [-0.3, -0.25) is 4.79 Å². The summed E-state index contributed by atoms with van der Waals surface area (Å²) in [4.78, 5) is 10.5. The molecule has 0 rings (SSSR count). The van der Waals surface area contributed by atoms with Gasteiger partial charge in [0.1, 0.15) is 6.54 Å². The van der Waals surface area contributed by atoms with E-state index in [0.717, 1.165) is 37.1 Å². The third kappa shape index (κ3) is 7.63. The Morgan fingerprint density at radius 3 is 2.28 bits per heavy atom. The highest BCUT2D eigenvalue weighted by Crippen LogP contribution is 2.09. The van der Waals surface area contributed by atoms with E-state index in [1.807, 2.05) is 0 Å². The fourth-order valence-corrected chi connectivity index (χ4v) is 2.04. The fraction of sp³-hybridized carbons (Fsp3) is 0.923. The van der Waals surface area contributed by atoms with E-state index in [4.69, 9.17) is 14.6 Å². The second-order valence-corrected chi connectivity index (χ2v) is 4.52. The number of methoxy groups -OCH3 is 1. The van der Waals surface area contributed by atoms with Crippen molar-refractivity contribution >= 4 is 5.97 Å². The van der Waals surface area contributed by atoms with Crippen molar-refractivity contribution in [3.8, 4) is 0 Å². The van der Waals surface area contributed by atoms with Crippen molar-refractivity contribution in [3.63, 3.8) is 0 Å². The maximum absolute atomic E-state index is 10.5. The molecule has 0 fully saturated rings. The summed E-state index contributed by atoms with van der Waals surface area (Å²) in [5.41, 5.74) is 0. The molecule has 1 N–H and O–H groups in total. The molecule has 0 heterocycles. The number of nitrogens with zero attached hydrogens (tertiary/aromatic N) is 1. The lowest BCUT2D eigenvalue weighted by molar-refractivity contribution is -0.925. The van der Waals surface area contributed by atoms with E-state index in [9.17, 15) is 4.79 Å². The molecule has 5 heteroatoms. The van der Waals surface area contributed by atoms with Crippen molar-refractivity contribution in [2.75, 3.05) is 53.1 Å². The third-order valence-electron chi connectivity index (χ3n) is 3.51. The average molecular weight is 262 g/mol. The van der Waals surface area contributed by atoms with Gasteiger partial charge in [0.15, 0.2) is 0 Å². The summed E-state index contributed by atoms with van der Waals surface area (Å²) in [6.07, 6.45) is 0.986. The second kappa shape index (κ2) is 10.3. The first-order valence-electron chi connectivity index (χ1n) is 6.73. The summed E-state index contributed by atoms with van der Waals surface area (Å²) < 4.78 is 11.4. The minimum absolute atomic E-state index is 0.254. The number of hydrogen-bond donors (Lipinski definition) is 1. The smallest absolute Gasteiger partial charge is 0.303 e. The van der Waals surface area contributed by atoms with E-state index in [-0.39, 0.29) is 6.42 Å². The molecule has 0 aliphatic heterocycles. The molecule has 0 aliphatic rings. The van der Waals surface area contributed by atoms with Crippen LogP contribution in [0.3, 0.4) is 0 Å². The summed E-state index contributed by atoms with van der Waals surface area (Å²) in [5, 5.41) is 8.68. The van der Waals surface area contributed by atoms with Gasteiger partial charge in [0.25, 0.3) is 0 Å². The molecule has 0 spiro atoms. The Morgan fingerprint density at radius 2 is 1.78 bits per heavy atom. The Bertz CT molecular complexity index is 217. The lowest BCUT2D eigenvalue weighted by Crippen LogP contribution is -2.50. The van der Waals surface area contributed by atoms with Gasteiger partial charge < -0.3 is 19.1 Å². The van der Waals surface area contributed by atoms with Crippen molar-refractivity contribution in [1.29, 1.82) is 0 Å². The summed E-state index contributed by atoms with van der Waals surface area (Å²) in [6.45, 7) is 10.1. The van der Waals surface area contributed by atoms with Crippen LogP contribution in [-0.4, -0.2) is 68.7 Å². The minimum Gasteiger partial charge on any atom is -0.481 e. The topological polar surface area (TPSA) is 55.8 Å². The molecule has 0 atom stereocenters. The SMILES string of the molecule is CC[N+](CC)(CCCC(=O)O)CCOCCOC. The lowest BCUT2D eigenvalue weighted by Gasteiger charge is -2.36. The molecule has 0 bridgehead atoms. The molecular weight excluding hydrogens is 234 g/mol. The largest absolute Gasteiger partial charge is 0.481 e. The van der Waals surface area contributed by atoms with E-state index in [0.29, 0.717) is 19.8 Å². The number of carboxylic acids is 1. The molecule has 0 amide bonds. The molecular formula is C13H28NO4+. The predicted molar refractivity (Wildman–Crippen MR) is 70.6 cm³/mol. The monoisotopic (exact) mass is 262 g/mol. The van der Waals surface area contributed by atoms with Crippen molar-refractivity contribution in [1.82, 2.24) is 0 Å². The van der Waals surface area contributed by atoms with Gasteiger partial charge in [-0.25, -0.2) is 0 Å². The molecule has 0 aromatic heterocycles. The molecule has 18 heavy (non-hydrogen) atoms. The number of carbonyl (C=O) groups is 1. The zero-order chi connectivity index (χ0) is 13.9. The van der Waals surface area contributed by atoms with Crippen molar-refractivity contribution in [2.45, 2.75) is 26.7 Å². The lowest BCUT2D eigenvalue weighted by atomic mass is 10.2. The molecule has 108 valence electrons. The number of hydrogen-bond acceptors (Lipinski definition) is 3. The maximum Gasteiger partial charge on any atom is 0.303 e. The quantitative estimate of drug-likeness (QED) is 0.426. The van der Waals surface area contributed by atoms with Gasteiger partial charge in [-0.15, -0.1) is 0 Å². The van der Waals surface area contributed by atoms with Crippen LogP contribution in [0.5, 0.6) is 0 Å². The molecule has 0 radical (unpaired) electrons. The Kier molecular flexibility index (Phi) is 9.92. The van der Waals surface area contributed by atoms with Crippen LogP contribution in [0.1, 0.15) is 26.7 Å². The van der Waals surface area contributed by atoms with Gasteiger partial charge in [0.2, 0.25) is 0 Å². The Hall–Kier alpha value is -0.650. The Morgan fingerprint density at radius 1 is 1.11 bits per heavy atom. The second-order valence-electron chi connectivity index (χ2n) is 4.52. The van der Waals surface area contributed by atoms with Gasteiger partial charge >= 0.3 is 5.97 Å². The molecule has 0 aromatic rings. The first-order chi connectivity index (χ1) is 8.60. The van der Waals surface area contributed by atoms with Crippen LogP contribution in [0.15, 0.2) is 0 Å². The fourth-order valence-electron chi connectivity index (χ4n) is 2.04. The van der Waals surface area contributed by atoms with E-state index >= 15 is 0 Å². The van der Waals surface area contributed by atoms with E-state index < -0.39 is 5.97 Å². The number of rotatable bonds is 12. The highest BCUT2D eigenvalue weighted by Gasteiger charge is 2.22. The minimum atomic E-state index is -0.711. The summed E-state index contributed by atoms with van der Waals surface area (Å²) in [5.74, 6) is -0.711. The molecule has 0 saturated heterocycles. The van der Waals surface area contributed by atoms with Crippen LogP contribution in [-0.2, 0) is 14.3 Å². The number of aliphatic carboxylic acids is 1. The van der Waals surface area contributed by atoms with Crippen LogP contribution in [0.2, 0.25) is 0 Å². The number of carboxylic acid groups (broad SMARTS) is 1. The van der Waals surface area contributed by atoms with Gasteiger partial charge in [0, 0.05) is 13.5 Å².